The number of nitrogens with one attached hydrogen (secondary N) is 4. The highest BCUT2D eigenvalue weighted by molar-refractivity contribution is 6.13. The van der Waals surface area contributed by atoms with Crippen LogP contribution in [0.3, 0.4) is 0 Å². The average Bonchev–Trinajstić information content (AvgIpc) is 2.92. The zero-order chi connectivity index (χ0) is 22.8. The smallest absolute Gasteiger partial charge is 0.423 e. The molecule has 6 N–H and O–H groups in total. The van der Waals surface area contributed by atoms with Crippen molar-refractivity contribution in [1.82, 2.24) is 10.9 Å². The molecule has 0 saturated carbocycles. The van der Waals surface area contributed by atoms with Gasteiger partial charge in [-0.15, -0.1) is 0 Å². The number of anilines is 3. The lowest BCUT2D eigenvalue weighted by Crippen LogP contribution is -2.40. The van der Waals surface area contributed by atoms with Gasteiger partial charge < -0.3 is 25.6 Å². The summed E-state index contributed by atoms with van der Waals surface area (Å²) in [6.45, 7) is 0. The van der Waals surface area contributed by atoms with Crippen LogP contribution in [0.15, 0.2) is 54.6 Å². The average molecular weight is 434 g/mol. The van der Waals surface area contributed by atoms with Gasteiger partial charge in [-0.1, -0.05) is 12.1 Å². The summed E-state index contributed by atoms with van der Waals surface area (Å²) < 4.78 is 5.16. The highest BCUT2D eigenvalue weighted by atomic mass is 16.5. The van der Waals surface area contributed by atoms with Crippen molar-refractivity contribution in [3.8, 4) is 22.6 Å². The molecule has 0 fully saturated rings. The van der Waals surface area contributed by atoms with Gasteiger partial charge in [0.15, 0.2) is 11.5 Å². The van der Waals surface area contributed by atoms with E-state index in [4.69, 9.17) is 9.84 Å². The van der Waals surface area contributed by atoms with Crippen LogP contribution in [0.1, 0.15) is 20.7 Å². The summed E-state index contributed by atoms with van der Waals surface area (Å²) >= 11 is 0. The van der Waals surface area contributed by atoms with Crippen LogP contribution in [0.4, 0.5) is 21.9 Å². The molecule has 10 nitrogen and oxygen atoms in total. The maximum atomic E-state index is 12.8. The molecule has 0 bridgehead atoms. The fourth-order valence-electron chi connectivity index (χ4n) is 3.30. The molecule has 0 unspecified atom stereocenters. The highest BCUT2D eigenvalue weighted by Gasteiger charge is 2.21. The number of phenols is 1. The van der Waals surface area contributed by atoms with E-state index in [1.54, 1.807) is 41.8 Å². The maximum Gasteiger partial charge on any atom is 0.423 e. The minimum absolute atomic E-state index is 0.0239. The summed E-state index contributed by atoms with van der Waals surface area (Å²) in [5.74, 6) is -0.690. The van der Waals surface area contributed by atoms with Crippen LogP contribution in [0, 0.1) is 0 Å². The van der Waals surface area contributed by atoms with Crippen molar-refractivity contribution in [2.75, 3.05) is 17.7 Å². The number of ether oxygens (including phenoxy) is 1. The standard InChI is InChI=1S/C22H18N4O6/c1-32-19-10-12(4-7-18(19)27)11-2-5-14-16(8-11)23-15-6-3-13(9-17(15)24-21(14)29)20(28)25-26-22(30)31/h2-10,23,26-27H,1H3,(H,24,29)(H,25,28)(H,30,31). The van der Waals surface area contributed by atoms with E-state index in [9.17, 15) is 19.5 Å². The lowest BCUT2D eigenvalue weighted by atomic mass is 10.0. The third kappa shape index (κ3) is 3.97. The van der Waals surface area contributed by atoms with Gasteiger partial charge in [0.2, 0.25) is 0 Å². The number of carbonyl (C=O) groups is 3. The third-order valence-corrected chi connectivity index (χ3v) is 4.86. The molecule has 0 aliphatic carbocycles. The number of amides is 3. The molecule has 3 aromatic rings. The first-order valence-corrected chi connectivity index (χ1v) is 9.39. The van der Waals surface area contributed by atoms with Crippen LogP contribution >= 0.6 is 0 Å². The van der Waals surface area contributed by atoms with Crippen LogP contribution < -0.4 is 26.2 Å². The summed E-state index contributed by atoms with van der Waals surface area (Å²) in [7, 11) is 1.46. The number of carbonyl (C=O) groups excluding carboxylic acids is 2. The van der Waals surface area contributed by atoms with Crippen LogP contribution in [-0.4, -0.2) is 35.2 Å². The molecular formula is C22H18N4O6. The van der Waals surface area contributed by atoms with E-state index in [2.05, 4.69) is 10.6 Å². The predicted molar refractivity (Wildman–Crippen MR) is 116 cm³/mol. The van der Waals surface area contributed by atoms with Gasteiger partial charge in [0, 0.05) is 5.56 Å². The van der Waals surface area contributed by atoms with Crippen LogP contribution in [0.2, 0.25) is 0 Å². The second kappa shape index (κ2) is 8.19. The Hall–Kier alpha value is -4.73. The number of methoxy groups -OCH3 is 1. The Morgan fingerprint density at radius 3 is 2.38 bits per heavy atom. The monoisotopic (exact) mass is 434 g/mol. The van der Waals surface area contributed by atoms with Crippen molar-refractivity contribution in [1.29, 1.82) is 0 Å². The Morgan fingerprint density at radius 1 is 0.875 bits per heavy atom. The van der Waals surface area contributed by atoms with E-state index >= 15 is 0 Å². The minimum atomic E-state index is -1.40. The van der Waals surface area contributed by atoms with Gasteiger partial charge >= 0.3 is 6.09 Å². The Bertz CT molecular complexity index is 1260. The SMILES string of the molecule is COc1cc(-c2ccc3c(c2)Nc2ccc(C(=O)NNC(=O)O)cc2NC3=O)ccc1O. The lowest BCUT2D eigenvalue weighted by Gasteiger charge is -2.12. The highest BCUT2D eigenvalue weighted by Crippen LogP contribution is 2.37. The summed E-state index contributed by atoms with van der Waals surface area (Å²) in [5.41, 5.74) is 7.42. The number of aromatic hydroxyl groups is 1. The van der Waals surface area contributed by atoms with Crippen LogP contribution in [0.5, 0.6) is 11.5 Å². The normalized spacial score (nSPS) is 11.7. The first kappa shape index (κ1) is 20.5. The molecule has 4 rings (SSSR count). The van der Waals surface area contributed by atoms with E-state index < -0.39 is 12.0 Å². The van der Waals surface area contributed by atoms with Crippen molar-refractivity contribution >= 4 is 35.0 Å². The van der Waals surface area contributed by atoms with Gasteiger partial charge in [-0.25, -0.2) is 10.2 Å². The molecule has 1 aliphatic rings. The molecule has 3 amide bonds. The molecule has 0 saturated heterocycles. The Balaban J connectivity index is 1.67. The van der Waals surface area contributed by atoms with E-state index in [0.29, 0.717) is 28.4 Å². The molecule has 10 heteroatoms. The van der Waals surface area contributed by atoms with E-state index in [-0.39, 0.29) is 17.2 Å². The summed E-state index contributed by atoms with van der Waals surface area (Å²) in [6, 6.07) is 14.7. The van der Waals surface area contributed by atoms with Gasteiger partial charge in [0.1, 0.15) is 0 Å². The molecule has 0 atom stereocenters. The van der Waals surface area contributed by atoms with Crippen molar-refractivity contribution in [3.05, 3.63) is 65.7 Å². The molecule has 3 aromatic carbocycles. The topological polar surface area (TPSA) is 149 Å². The molecule has 32 heavy (non-hydrogen) atoms. The number of carboxylic acid groups (broad SMARTS) is 1. The first-order valence-electron chi connectivity index (χ1n) is 9.39. The molecule has 0 spiro atoms. The molecule has 1 heterocycles. The second-order valence-electron chi connectivity index (χ2n) is 6.87. The van der Waals surface area contributed by atoms with Crippen LogP contribution in [0.25, 0.3) is 11.1 Å². The number of rotatable bonds is 3. The Kier molecular flexibility index (Phi) is 5.25. The van der Waals surface area contributed by atoms with Gasteiger partial charge in [-0.2, -0.15) is 0 Å². The number of fused-ring (bicyclic) bond motifs is 2. The van der Waals surface area contributed by atoms with E-state index in [0.717, 1.165) is 11.1 Å². The van der Waals surface area contributed by atoms with E-state index in [1.807, 2.05) is 5.43 Å². The first-order chi connectivity index (χ1) is 15.4. The fraction of sp³-hybridized carbons (Fsp3) is 0.0455. The number of hydrogen-bond acceptors (Lipinski definition) is 6. The zero-order valence-corrected chi connectivity index (χ0v) is 16.7. The maximum absolute atomic E-state index is 12.8. The summed E-state index contributed by atoms with van der Waals surface area (Å²) in [4.78, 5) is 35.4. The van der Waals surface area contributed by atoms with E-state index in [1.165, 1.54) is 25.3 Å². The molecule has 1 aliphatic heterocycles. The largest absolute Gasteiger partial charge is 0.504 e. The lowest BCUT2D eigenvalue weighted by molar-refractivity contribution is 0.0926. The third-order valence-electron chi connectivity index (χ3n) is 4.86. The van der Waals surface area contributed by atoms with Crippen molar-refractivity contribution < 1.29 is 29.3 Å². The Labute approximate surface area is 181 Å². The summed E-state index contributed by atoms with van der Waals surface area (Å²) in [6.07, 6.45) is -1.40. The number of hydrazine groups is 1. The molecular weight excluding hydrogens is 416 g/mol. The van der Waals surface area contributed by atoms with Gasteiger partial charge in [0.05, 0.1) is 29.7 Å². The molecule has 0 radical (unpaired) electrons. The Morgan fingerprint density at radius 2 is 1.62 bits per heavy atom. The summed E-state index contributed by atoms with van der Waals surface area (Å²) in [5, 5.41) is 24.4. The predicted octanol–water partition coefficient (Wildman–Crippen LogP) is 3.29. The minimum Gasteiger partial charge on any atom is -0.504 e. The quantitative estimate of drug-likeness (QED) is 0.346. The van der Waals surface area contributed by atoms with Crippen molar-refractivity contribution in [2.24, 2.45) is 0 Å². The second-order valence-corrected chi connectivity index (χ2v) is 6.87. The molecule has 0 aromatic heterocycles. The van der Waals surface area contributed by atoms with Crippen molar-refractivity contribution in [3.63, 3.8) is 0 Å². The number of phenolic OH excluding ortho intramolecular Hbond substituents is 1. The van der Waals surface area contributed by atoms with Crippen molar-refractivity contribution in [2.45, 2.75) is 0 Å². The van der Waals surface area contributed by atoms with Gasteiger partial charge in [-0.05, 0) is 53.6 Å². The zero-order valence-electron chi connectivity index (χ0n) is 16.7. The van der Waals surface area contributed by atoms with Gasteiger partial charge in [0.25, 0.3) is 11.8 Å². The number of hydrogen-bond donors (Lipinski definition) is 6. The van der Waals surface area contributed by atoms with Crippen LogP contribution in [-0.2, 0) is 0 Å². The van der Waals surface area contributed by atoms with Gasteiger partial charge in [-0.3, -0.25) is 15.0 Å². The fourth-order valence-corrected chi connectivity index (χ4v) is 3.30. The number of benzene rings is 3. The molecule has 162 valence electrons.